The molecule has 1 aromatic heterocycles. The predicted molar refractivity (Wildman–Crippen MR) is 26.3 cm³/mol. The van der Waals surface area contributed by atoms with Crippen molar-refractivity contribution in [2.45, 2.75) is 0 Å². The van der Waals surface area contributed by atoms with Crippen LogP contribution in [0, 0.1) is 6.20 Å². The van der Waals surface area contributed by atoms with Crippen molar-refractivity contribution in [1.82, 2.24) is 9.97 Å². The third-order valence-electron chi connectivity index (χ3n) is 0.621. The summed E-state index contributed by atoms with van der Waals surface area (Å²) in [5, 5.41) is 8.15. The molecular formula is C4H4N3O. The van der Waals surface area contributed by atoms with Gasteiger partial charge in [-0.05, 0) is 0 Å². The van der Waals surface area contributed by atoms with Crippen LogP contribution in [0.5, 0.6) is 0 Å². The first-order valence-corrected chi connectivity index (χ1v) is 2.02. The molecule has 0 saturated heterocycles. The number of nitrogens with one attached hydrogen (secondary N) is 1. The van der Waals surface area contributed by atoms with E-state index in [4.69, 9.17) is 5.21 Å². The number of aromatic nitrogens is 2. The lowest BCUT2D eigenvalue weighted by Crippen LogP contribution is -1.92. The summed E-state index contributed by atoms with van der Waals surface area (Å²) in [5.74, 6) is 0.229. The fraction of sp³-hybridized carbons (Fsp3) is 0. The molecule has 0 atom stereocenters. The Labute approximate surface area is 46.2 Å². The molecule has 8 heavy (non-hydrogen) atoms. The van der Waals surface area contributed by atoms with Gasteiger partial charge in [0.25, 0.3) is 0 Å². The van der Waals surface area contributed by atoms with Crippen LogP contribution in [0.2, 0.25) is 0 Å². The highest BCUT2D eigenvalue weighted by atomic mass is 16.5. The molecule has 0 unspecified atom stereocenters. The van der Waals surface area contributed by atoms with Gasteiger partial charge in [-0.1, -0.05) is 0 Å². The van der Waals surface area contributed by atoms with Gasteiger partial charge in [0, 0.05) is 12.4 Å². The summed E-state index contributed by atoms with van der Waals surface area (Å²) in [7, 11) is 0. The molecule has 0 fully saturated rings. The second kappa shape index (κ2) is 2.23. The van der Waals surface area contributed by atoms with Crippen LogP contribution in [0.15, 0.2) is 12.4 Å². The summed E-state index contributed by atoms with van der Waals surface area (Å²) in [4.78, 5) is 7.16. The molecule has 0 aromatic carbocycles. The van der Waals surface area contributed by atoms with Gasteiger partial charge in [0.05, 0.1) is 0 Å². The quantitative estimate of drug-likeness (QED) is 0.502. The Morgan fingerprint density at radius 3 is 2.88 bits per heavy atom. The van der Waals surface area contributed by atoms with Crippen LogP contribution in [-0.4, -0.2) is 15.2 Å². The fourth-order valence-corrected chi connectivity index (χ4v) is 0.322. The Hall–Kier alpha value is -1.16. The summed E-state index contributed by atoms with van der Waals surface area (Å²) in [6, 6.07) is 0. The average molecular weight is 110 g/mol. The SMILES string of the molecule is ONc1[c]nccn1. The van der Waals surface area contributed by atoms with Gasteiger partial charge in [0.15, 0.2) is 5.82 Å². The topological polar surface area (TPSA) is 58.0 Å². The van der Waals surface area contributed by atoms with Crippen LogP contribution in [0.3, 0.4) is 0 Å². The third-order valence-corrected chi connectivity index (χ3v) is 0.621. The van der Waals surface area contributed by atoms with E-state index in [0.29, 0.717) is 0 Å². The molecule has 2 N–H and O–H groups in total. The van der Waals surface area contributed by atoms with Crippen molar-refractivity contribution in [2.24, 2.45) is 0 Å². The van der Waals surface area contributed by atoms with Crippen LogP contribution in [-0.2, 0) is 0 Å². The van der Waals surface area contributed by atoms with Gasteiger partial charge >= 0.3 is 0 Å². The van der Waals surface area contributed by atoms with E-state index in [2.05, 4.69) is 16.2 Å². The van der Waals surface area contributed by atoms with E-state index in [1.807, 2.05) is 0 Å². The van der Waals surface area contributed by atoms with Crippen LogP contribution in [0.4, 0.5) is 5.82 Å². The Balaban J connectivity index is 2.83. The highest BCUT2D eigenvalue weighted by Gasteiger charge is 1.83. The molecule has 0 bridgehead atoms. The lowest BCUT2D eigenvalue weighted by molar-refractivity contribution is 0.385. The number of hydrogen-bond donors (Lipinski definition) is 2. The Morgan fingerprint density at radius 1 is 1.62 bits per heavy atom. The lowest BCUT2D eigenvalue weighted by Gasteiger charge is -1.89. The zero-order valence-corrected chi connectivity index (χ0v) is 4.00. The monoisotopic (exact) mass is 110 g/mol. The van der Waals surface area contributed by atoms with Crippen LogP contribution >= 0.6 is 0 Å². The molecule has 4 nitrogen and oxygen atoms in total. The molecule has 1 aromatic rings. The molecule has 0 aliphatic carbocycles. The normalized spacial score (nSPS) is 8.62. The molecule has 0 amide bonds. The van der Waals surface area contributed by atoms with Crippen LogP contribution in [0.25, 0.3) is 0 Å². The maximum absolute atomic E-state index is 8.15. The second-order valence-corrected chi connectivity index (χ2v) is 1.13. The molecule has 0 spiro atoms. The van der Waals surface area contributed by atoms with Crippen molar-refractivity contribution in [1.29, 1.82) is 0 Å². The number of rotatable bonds is 1. The molecule has 1 radical (unpaired) electrons. The van der Waals surface area contributed by atoms with Crippen LogP contribution < -0.4 is 5.48 Å². The first-order chi connectivity index (χ1) is 3.93. The summed E-state index contributed by atoms with van der Waals surface area (Å²) in [6.45, 7) is 0. The van der Waals surface area contributed by atoms with E-state index in [0.717, 1.165) is 0 Å². The molecule has 0 aliphatic rings. The Kier molecular flexibility index (Phi) is 1.39. The largest absolute Gasteiger partial charge is 0.290 e. The maximum Gasteiger partial charge on any atom is 0.178 e. The summed E-state index contributed by atoms with van der Waals surface area (Å²) in [5.41, 5.74) is 1.80. The highest BCUT2D eigenvalue weighted by molar-refractivity contribution is 5.23. The van der Waals surface area contributed by atoms with Crippen molar-refractivity contribution in [3.8, 4) is 0 Å². The standard InChI is InChI=1S/C4H4N3O/c8-7-4-3-5-1-2-6-4/h1-2,8H,(H,6,7). The van der Waals surface area contributed by atoms with E-state index in [1.165, 1.54) is 12.4 Å². The molecule has 4 heteroatoms. The fourth-order valence-electron chi connectivity index (χ4n) is 0.322. The Bertz CT molecular complexity index is 153. The van der Waals surface area contributed by atoms with Crippen LogP contribution in [0.1, 0.15) is 0 Å². The maximum atomic E-state index is 8.15. The number of hydrogen-bond acceptors (Lipinski definition) is 4. The lowest BCUT2D eigenvalue weighted by atomic mass is 10.7. The van der Waals surface area contributed by atoms with Gasteiger partial charge in [-0.25, -0.2) is 9.97 Å². The molecule has 1 heterocycles. The van der Waals surface area contributed by atoms with Gasteiger partial charge < -0.3 is 0 Å². The zero-order chi connectivity index (χ0) is 5.82. The Morgan fingerprint density at radius 2 is 2.50 bits per heavy atom. The van der Waals surface area contributed by atoms with E-state index < -0.39 is 0 Å². The van der Waals surface area contributed by atoms with Gasteiger partial charge in [-0.15, -0.1) is 0 Å². The van der Waals surface area contributed by atoms with Gasteiger partial charge in [-0.3, -0.25) is 10.7 Å². The molecule has 0 aliphatic heterocycles. The van der Waals surface area contributed by atoms with Gasteiger partial charge in [0.1, 0.15) is 6.20 Å². The molecule has 41 valence electrons. The highest BCUT2D eigenvalue weighted by Crippen LogP contribution is 1.90. The number of nitrogens with zero attached hydrogens (tertiary/aromatic N) is 2. The first-order valence-electron chi connectivity index (χ1n) is 2.02. The van der Waals surface area contributed by atoms with Crippen molar-refractivity contribution >= 4 is 5.82 Å². The minimum atomic E-state index is 0.229. The second-order valence-electron chi connectivity index (χ2n) is 1.13. The molecular weight excluding hydrogens is 106 g/mol. The minimum absolute atomic E-state index is 0.229. The van der Waals surface area contributed by atoms with E-state index in [1.54, 1.807) is 5.48 Å². The zero-order valence-electron chi connectivity index (χ0n) is 4.00. The molecule has 1 rings (SSSR count). The molecule has 0 saturated carbocycles. The first kappa shape index (κ1) is 4.99. The van der Waals surface area contributed by atoms with E-state index in [9.17, 15) is 0 Å². The van der Waals surface area contributed by atoms with Crippen molar-refractivity contribution in [3.63, 3.8) is 0 Å². The average Bonchev–Trinajstić information content (AvgIpc) is 1.90. The van der Waals surface area contributed by atoms with Crippen molar-refractivity contribution in [3.05, 3.63) is 18.6 Å². The third kappa shape index (κ3) is 0.913. The van der Waals surface area contributed by atoms with Gasteiger partial charge in [0.2, 0.25) is 0 Å². The van der Waals surface area contributed by atoms with Crippen molar-refractivity contribution < 1.29 is 5.21 Å². The van der Waals surface area contributed by atoms with Gasteiger partial charge in [-0.2, -0.15) is 0 Å². The summed E-state index contributed by atoms with van der Waals surface area (Å²) in [6.07, 6.45) is 5.32. The van der Waals surface area contributed by atoms with E-state index in [-0.39, 0.29) is 5.82 Å². The number of anilines is 1. The summed E-state index contributed by atoms with van der Waals surface area (Å²) >= 11 is 0. The van der Waals surface area contributed by atoms with E-state index >= 15 is 0 Å². The predicted octanol–water partition coefficient (Wildman–Crippen LogP) is 0.0779. The summed E-state index contributed by atoms with van der Waals surface area (Å²) < 4.78 is 0. The smallest absolute Gasteiger partial charge is 0.178 e. The minimum Gasteiger partial charge on any atom is -0.290 e. The van der Waals surface area contributed by atoms with Crippen molar-refractivity contribution in [2.75, 3.05) is 5.48 Å².